The molecular formula is C48H25BBrF24N. The summed E-state index contributed by atoms with van der Waals surface area (Å²) in [6.07, 6.45) is -52.7. The van der Waals surface area contributed by atoms with Crippen LogP contribution in [0.5, 0.6) is 0 Å². The van der Waals surface area contributed by atoms with Crippen LogP contribution in [0.15, 0.2) is 144 Å². The van der Waals surface area contributed by atoms with E-state index in [1.54, 1.807) is 0 Å². The molecule has 6 aromatic carbocycles. The molecule has 0 saturated heterocycles. The highest BCUT2D eigenvalue weighted by Crippen LogP contribution is 2.41. The quantitative estimate of drug-likeness (QED) is 0.0888. The van der Waals surface area contributed by atoms with E-state index in [2.05, 4.69) is 81.3 Å². The number of fused-ring (bicyclic) bond motifs is 1. The van der Waals surface area contributed by atoms with Gasteiger partial charge in [0.2, 0.25) is 5.52 Å². The first-order chi connectivity index (χ1) is 34.1. The van der Waals surface area contributed by atoms with Crippen LogP contribution in [0.4, 0.5) is 105 Å². The Labute approximate surface area is 414 Å². The van der Waals surface area contributed by atoms with Crippen molar-refractivity contribution in [3.8, 4) is 0 Å². The summed E-state index contributed by atoms with van der Waals surface area (Å²) < 4.78 is 344. The standard InChI is InChI=1S/C32H12BF24.C16H13BrN/c34-25(35,36)13-1-14(26(37,38)39)6-21(5-13)33(22-7-15(27(40,41)42)2-16(8-22)28(43,44)45,23-9-17(29(46,47)48)3-18(10-23)30(49,50)51)24-11-19(31(52,53)54)4-20(12-24)32(55,56)57;17-15-10-14-8-4-5-9-16(14)18(12-15)11-13-6-2-1-3-7-13/h1-12H;1-10,12H,11H2/q-1;+1. The second-order valence-electron chi connectivity index (χ2n) is 16.6. The van der Waals surface area contributed by atoms with E-state index in [0.717, 1.165) is 11.0 Å². The maximum Gasteiger partial charge on any atom is 0.416 e. The minimum absolute atomic E-state index is 0.691. The van der Waals surface area contributed by atoms with E-state index in [9.17, 15) is 105 Å². The third-order valence-corrected chi connectivity index (χ3v) is 11.9. The zero-order valence-electron chi connectivity index (χ0n) is 36.5. The molecule has 7 rings (SSSR count). The molecule has 75 heavy (non-hydrogen) atoms. The molecule has 1 nitrogen and oxygen atoms in total. The number of hydrogen-bond acceptors (Lipinski definition) is 0. The van der Waals surface area contributed by atoms with Gasteiger partial charge in [-0.05, 0) is 52.3 Å². The van der Waals surface area contributed by atoms with Gasteiger partial charge in [-0.15, -0.1) is 0 Å². The van der Waals surface area contributed by atoms with Gasteiger partial charge in [-0.2, -0.15) is 132 Å². The van der Waals surface area contributed by atoms with E-state index in [4.69, 9.17) is 0 Å². The van der Waals surface area contributed by atoms with Crippen molar-refractivity contribution < 1.29 is 110 Å². The molecule has 400 valence electrons. The summed E-state index contributed by atoms with van der Waals surface area (Å²) in [6, 6.07) is 12.3. The highest BCUT2D eigenvalue weighted by Gasteiger charge is 2.47. The molecule has 27 heteroatoms. The van der Waals surface area contributed by atoms with Crippen molar-refractivity contribution in [1.82, 2.24) is 0 Å². The SMILES string of the molecule is Brc1cc2ccccc2[n+](Cc2ccccc2)c1.FC(F)(F)c1cc([B-](c2cc(C(F)(F)F)cc(C(F)(F)F)c2)(c2cc(C(F)(F)F)cc(C(F)(F)F)c2)c2cc(C(F)(F)F)cc(C(F)(F)F)c2)cc(C(F)(F)F)c1. The lowest BCUT2D eigenvalue weighted by Crippen LogP contribution is -2.75. The number of pyridine rings is 1. The summed E-state index contributed by atoms with van der Waals surface area (Å²) in [5.74, 6) is 0. The number of hydrogen-bond donors (Lipinski definition) is 0. The van der Waals surface area contributed by atoms with Crippen LogP contribution in [-0.2, 0) is 56.0 Å². The summed E-state index contributed by atoms with van der Waals surface area (Å²) in [5, 5.41) is 1.25. The fourth-order valence-corrected chi connectivity index (χ4v) is 8.75. The Morgan fingerprint density at radius 2 is 0.573 bits per heavy atom. The van der Waals surface area contributed by atoms with Gasteiger partial charge in [-0.25, -0.2) is 0 Å². The number of para-hydroxylation sites is 1. The van der Waals surface area contributed by atoms with E-state index in [-0.39, 0.29) is 0 Å². The zero-order valence-corrected chi connectivity index (χ0v) is 38.0. The Kier molecular flexibility index (Phi) is 15.4. The van der Waals surface area contributed by atoms with Gasteiger partial charge < -0.3 is 0 Å². The van der Waals surface area contributed by atoms with Crippen molar-refractivity contribution in [3.63, 3.8) is 0 Å². The predicted molar refractivity (Wildman–Crippen MR) is 227 cm³/mol. The number of nitrogens with zero attached hydrogens (tertiary/aromatic N) is 1. The van der Waals surface area contributed by atoms with Crippen molar-refractivity contribution in [2.75, 3.05) is 0 Å². The van der Waals surface area contributed by atoms with Crippen LogP contribution in [-0.4, -0.2) is 6.15 Å². The van der Waals surface area contributed by atoms with E-state index in [0.29, 0.717) is 0 Å². The third-order valence-electron chi connectivity index (χ3n) is 11.5. The van der Waals surface area contributed by atoms with Crippen LogP contribution < -0.4 is 26.4 Å². The summed E-state index contributed by atoms with van der Waals surface area (Å²) in [4.78, 5) is 0. The van der Waals surface area contributed by atoms with Crippen LogP contribution in [0.2, 0.25) is 0 Å². The monoisotopic (exact) mass is 1160 g/mol. The Bertz CT molecular complexity index is 2760. The third kappa shape index (κ3) is 13.2. The van der Waals surface area contributed by atoms with E-state index in [1.807, 2.05) is 6.07 Å². The Balaban J connectivity index is 0.000000421. The molecule has 1 heterocycles. The predicted octanol–water partition coefficient (Wildman–Crippen LogP) is 15.2. The fourth-order valence-electron chi connectivity index (χ4n) is 8.26. The van der Waals surface area contributed by atoms with E-state index >= 15 is 0 Å². The molecular weight excluding hydrogens is 1140 g/mol. The molecule has 0 bridgehead atoms. The first kappa shape index (κ1) is 57.9. The molecule has 0 aliphatic rings. The first-order valence-corrected chi connectivity index (χ1v) is 21.4. The molecule has 0 fully saturated rings. The van der Waals surface area contributed by atoms with Crippen LogP contribution in [0, 0.1) is 0 Å². The second-order valence-corrected chi connectivity index (χ2v) is 17.5. The van der Waals surface area contributed by atoms with E-state index in [1.165, 1.54) is 16.5 Å². The average Bonchev–Trinajstić information content (AvgIpc) is 3.27. The lowest BCUT2D eigenvalue weighted by atomic mass is 9.12. The second kappa shape index (κ2) is 19.9. The van der Waals surface area contributed by atoms with Crippen LogP contribution >= 0.6 is 15.9 Å². The van der Waals surface area contributed by atoms with Crippen molar-refractivity contribution in [2.45, 2.75) is 56.0 Å². The minimum atomic E-state index is -6.13. The average molecular weight is 1160 g/mol. The lowest BCUT2D eigenvalue weighted by molar-refractivity contribution is -0.662. The van der Waals surface area contributed by atoms with Crippen LogP contribution in [0.25, 0.3) is 10.9 Å². The van der Waals surface area contributed by atoms with Crippen molar-refractivity contribution in [1.29, 1.82) is 0 Å². The normalized spacial score (nSPS) is 13.5. The van der Waals surface area contributed by atoms with Crippen molar-refractivity contribution in [3.05, 3.63) is 194 Å². The van der Waals surface area contributed by atoms with Gasteiger partial charge in [0.15, 0.2) is 12.7 Å². The number of halogens is 25. The first-order valence-electron chi connectivity index (χ1n) is 20.6. The topological polar surface area (TPSA) is 3.88 Å². The highest BCUT2D eigenvalue weighted by molar-refractivity contribution is 9.10. The molecule has 0 radical (unpaired) electrons. The molecule has 7 aromatic rings. The molecule has 0 aliphatic heterocycles. The smallest absolute Gasteiger partial charge is 0.194 e. The van der Waals surface area contributed by atoms with Crippen molar-refractivity contribution >= 4 is 54.8 Å². The van der Waals surface area contributed by atoms with Gasteiger partial charge in [0.05, 0.1) is 49.0 Å². The largest absolute Gasteiger partial charge is 0.416 e. The maximum absolute atomic E-state index is 14.2. The molecule has 0 aliphatic carbocycles. The number of alkyl halides is 24. The summed E-state index contributed by atoms with van der Waals surface area (Å²) in [5.41, 5.74) is -27.6. The van der Waals surface area contributed by atoms with Gasteiger partial charge in [0, 0.05) is 17.0 Å². The summed E-state index contributed by atoms with van der Waals surface area (Å²) in [6.45, 7) is 0.890. The number of aromatic nitrogens is 1. The van der Waals surface area contributed by atoms with E-state index < -0.39 is 195 Å². The fraction of sp³-hybridized carbons (Fsp3) is 0.188. The highest BCUT2D eigenvalue weighted by atomic mass is 79.9. The summed E-state index contributed by atoms with van der Waals surface area (Å²) in [7, 11) is 0. The molecule has 0 unspecified atom stereocenters. The molecule has 0 amide bonds. The Hall–Kier alpha value is -6.41. The van der Waals surface area contributed by atoms with Gasteiger partial charge in [0.1, 0.15) is 6.15 Å². The number of rotatable bonds is 6. The molecule has 0 spiro atoms. The van der Waals surface area contributed by atoms with Crippen molar-refractivity contribution in [2.24, 2.45) is 0 Å². The van der Waals surface area contributed by atoms with Crippen LogP contribution in [0.1, 0.15) is 50.1 Å². The van der Waals surface area contributed by atoms with Gasteiger partial charge in [-0.1, -0.05) is 91.0 Å². The lowest BCUT2D eigenvalue weighted by Gasteiger charge is -2.46. The molecule has 0 N–H and O–H groups in total. The van der Waals surface area contributed by atoms with Gasteiger partial charge in [0.25, 0.3) is 0 Å². The van der Waals surface area contributed by atoms with Crippen LogP contribution in [0.3, 0.4) is 0 Å². The van der Waals surface area contributed by atoms with Gasteiger partial charge >= 0.3 is 49.4 Å². The molecule has 0 saturated carbocycles. The van der Waals surface area contributed by atoms with Gasteiger partial charge in [-0.3, -0.25) is 0 Å². The maximum atomic E-state index is 14.2. The minimum Gasteiger partial charge on any atom is -0.194 e. The number of benzene rings is 6. The zero-order chi connectivity index (χ0) is 56.3. The molecule has 0 atom stereocenters. The molecule has 1 aromatic heterocycles. The summed E-state index contributed by atoms with van der Waals surface area (Å²) >= 11 is 3.58. The Morgan fingerprint density at radius 1 is 0.320 bits per heavy atom. The Morgan fingerprint density at radius 3 is 0.840 bits per heavy atom.